The van der Waals surface area contributed by atoms with E-state index in [2.05, 4.69) is 20.3 Å². The Balaban J connectivity index is 1.88. The van der Waals surface area contributed by atoms with Crippen LogP contribution in [0.25, 0.3) is 0 Å². The van der Waals surface area contributed by atoms with E-state index < -0.39 is 21.7 Å². The molecule has 0 saturated heterocycles. The van der Waals surface area contributed by atoms with Gasteiger partial charge >= 0.3 is 0 Å². The van der Waals surface area contributed by atoms with Gasteiger partial charge in [-0.05, 0) is 36.4 Å². The highest BCUT2D eigenvalue weighted by Crippen LogP contribution is 2.20. The molecule has 0 bridgehead atoms. The van der Waals surface area contributed by atoms with Crippen molar-refractivity contribution in [3.63, 3.8) is 0 Å². The molecule has 9 nitrogen and oxygen atoms in total. The molecule has 1 aromatic heterocycles. The van der Waals surface area contributed by atoms with Crippen molar-refractivity contribution in [3.05, 3.63) is 66.2 Å². The maximum Gasteiger partial charge on any atom is 0.272 e. The predicted octanol–water partition coefficient (Wildman–Crippen LogP) is 1.18. The summed E-state index contributed by atoms with van der Waals surface area (Å²) in [5.41, 5.74) is 8.04. The van der Waals surface area contributed by atoms with Crippen LogP contribution in [0, 0.1) is 5.82 Å². The number of hydrogen-bond acceptors (Lipinski definition) is 6. The average Bonchev–Trinajstić information content (AvgIpc) is 3.00. The number of nitrogens with two attached hydrogens (primary N) is 1. The summed E-state index contributed by atoms with van der Waals surface area (Å²) in [5, 5.41) is 7.05. The van der Waals surface area contributed by atoms with Gasteiger partial charge in [-0.25, -0.2) is 17.5 Å². The van der Waals surface area contributed by atoms with Gasteiger partial charge in [0.25, 0.3) is 15.9 Å². The number of aromatic nitrogens is 3. The summed E-state index contributed by atoms with van der Waals surface area (Å²) in [7, 11) is -4.01. The van der Waals surface area contributed by atoms with E-state index in [1.54, 1.807) is 12.1 Å². The van der Waals surface area contributed by atoms with Gasteiger partial charge in [0.15, 0.2) is 0 Å². The number of rotatable bonds is 5. The Morgan fingerprint density at radius 2 is 1.81 bits per heavy atom. The first-order chi connectivity index (χ1) is 12.4. The lowest BCUT2D eigenvalue weighted by molar-refractivity contribution is 0.101. The third-order valence-corrected chi connectivity index (χ3v) is 4.72. The van der Waals surface area contributed by atoms with Crippen molar-refractivity contribution < 1.29 is 17.6 Å². The van der Waals surface area contributed by atoms with E-state index in [4.69, 9.17) is 5.73 Å². The van der Waals surface area contributed by atoms with E-state index in [1.807, 2.05) is 0 Å². The predicted molar refractivity (Wildman–Crippen MR) is 91.8 cm³/mol. The van der Waals surface area contributed by atoms with Gasteiger partial charge in [0.1, 0.15) is 12.1 Å². The number of sulfonamides is 1. The van der Waals surface area contributed by atoms with Crippen LogP contribution in [0.15, 0.2) is 59.8 Å². The van der Waals surface area contributed by atoms with Crippen molar-refractivity contribution in [1.29, 1.82) is 0 Å². The molecule has 0 aliphatic rings. The molecule has 11 heteroatoms. The summed E-state index contributed by atoms with van der Waals surface area (Å²) >= 11 is 0. The second kappa shape index (κ2) is 6.80. The molecule has 3 rings (SSSR count). The van der Waals surface area contributed by atoms with Crippen LogP contribution in [0.2, 0.25) is 0 Å². The molecule has 0 spiro atoms. The summed E-state index contributed by atoms with van der Waals surface area (Å²) in [4.78, 5) is 12.3. The zero-order valence-electron chi connectivity index (χ0n) is 13.1. The number of para-hydroxylation sites is 1. The van der Waals surface area contributed by atoms with E-state index in [9.17, 15) is 17.6 Å². The van der Waals surface area contributed by atoms with Crippen LogP contribution in [0.5, 0.6) is 0 Å². The van der Waals surface area contributed by atoms with Crippen molar-refractivity contribution in [2.45, 2.75) is 4.90 Å². The van der Waals surface area contributed by atoms with Crippen LogP contribution in [0.4, 0.5) is 16.0 Å². The summed E-state index contributed by atoms with van der Waals surface area (Å²) in [6.45, 7) is 0. The molecule has 0 atom stereocenters. The number of nitrogens with one attached hydrogen (secondary N) is 2. The highest BCUT2D eigenvalue weighted by molar-refractivity contribution is 7.92. The standard InChI is InChI=1S/C15H13FN6O3S/c16-10-5-7-11(8-6-10)26(24,25)21-13-4-2-1-3-12(13)14(23)20-22-9-18-19-15(22)17/h1-9,21H,(H2,17,19)(H,20,23). The Hall–Kier alpha value is -3.47. The zero-order chi connectivity index (χ0) is 18.7. The number of hydrogen-bond donors (Lipinski definition) is 3. The smallest absolute Gasteiger partial charge is 0.272 e. The minimum absolute atomic E-state index is 0.0391. The Kier molecular flexibility index (Phi) is 4.54. The number of anilines is 2. The topological polar surface area (TPSA) is 132 Å². The molecule has 4 N–H and O–H groups in total. The van der Waals surface area contributed by atoms with Crippen molar-refractivity contribution in [3.8, 4) is 0 Å². The van der Waals surface area contributed by atoms with Crippen LogP contribution < -0.4 is 15.9 Å². The fourth-order valence-electron chi connectivity index (χ4n) is 2.09. The van der Waals surface area contributed by atoms with E-state index in [1.165, 1.54) is 18.5 Å². The van der Waals surface area contributed by atoms with Gasteiger partial charge in [-0.15, -0.1) is 10.2 Å². The minimum Gasteiger partial charge on any atom is -0.366 e. The first-order valence-corrected chi connectivity index (χ1v) is 8.69. The Morgan fingerprint density at radius 3 is 2.46 bits per heavy atom. The van der Waals surface area contributed by atoms with Gasteiger partial charge in [-0.3, -0.25) is 14.9 Å². The first-order valence-electron chi connectivity index (χ1n) is 7.21. The molecule has 26 heavy (non-hydrogen) atoms. The lowest BCUT2D eigenvalue weighted by atomic mass is 10.2. The molecule has 1 heterocycles. The molecule has 3 aromatic rings. The highest BCUT2D eigenvalue weighted by atomic mass is 32.2. The van der Waals surface area contributed by atoms with Crippen LogP contribution in [-0.4, -0.2) is 29.2 Å². The largest absolute Gasteiger partial charge is 0.366 e. The molecule has 0 aliphatic carbocycles. The fraction of sp³-hybridized carbons (Fsp3) is 0. The maximum atomic E-state index is 13.0. The van der Waals surface area contributed by atoms with Crippen LogP contribution >= 0.6 is 0 Å². The third-order valence-electron chi connectivity index (χ3n) is 3.34. The SMILES string of the molecule is Nc1nncn1NC(=O)c1ccccc1NS(=O)(=O)c1ccc(F)cc1. The van der Waals surface area contributed by atoms with Crippen molar-refractivity contribution >= 4 is 27.6 Å². The van der Waals surface area contributed by atoms with Crippen LogP contribution in [0.3, 0.4) is 0 Å². The number of halogens is 1. The molecule has 134 valence electrons. The van der Waals surface area contributed by atoms with Gasteiger partial charge in [0, 0.05) is 0 Å². The van der Waals surface area contributed by atoms with E-state index >= 15 is 0 Å². The molecule has 2 aromatic carbocycles. The lowest BCUT2D eigenvalue weighted by Gasteiger charge is -2.13. The molecule has 0 fully saturated rings. The van der Waals surface area contributed by atoms with Gasteiger partial charge in [0.2, 0.25) is 5.95 Å². The van der Waals surface area contributed by atoms with Gasteiger partial charge in [0.05, 0.1) is 16.1 Å². The minimum atomic E-state index is -4.01. The average molecular weight is 376 g/mol. The van der Waals surface area contributed by atoms with E-state index in [-0.39, 0.29) is 22.1 Å². The Morgan fingerprint density at radius 1 is 1.12 bits per heavy atom. The number of benzene rings is 2. The highest BCUT2D eigenvalue weighted by Gasteiger charge is 2.19. The zero-order valence-corrected chi connectivity index (χ0v) is 13.9. The summed E-state index contributed by atoms with van der Waals surface area (Å²) in [5.74, 6) is -1.23. The van der Waals surface area contributed by atoms with Gasteiger partial charge in [-0.2, -0.15) is 0 Å². The Bertz CT molecular complexity index is 1050. The molecular weight excluding hydrogens is 363 g/mol. The van der Waals surface area contributed by atoms with Crippen LogP contribution in [0.1, 0.15) is 10.4 Å². The quantitative estimate of drug-likeness (QED) is 0.613. The summed E-state index contributed by atoms with van der Waals surface area (Å²) in [6.07, 6.45) is 1.19. The summed E-state index contributed by atoms with van der Waals surface area (Å²) in [6, 6.07) is 10.3. The Labute approximate surface area is 147 Å². The van der Waals surface area contributed by atoms with Crippen LogP contribution in [-0.2, 0) is 10.0 Å². The summed E-state index contributed by atoms with van der Waals surface area (Å²) < 4.78 is 41.3. The van der Waals surface area contributed by atoms with Crippen molar-refractivity contribution in [2.24, 2.45) is 0 Å². The number of carbonyl (C=O) groups is 1. The molecule has 0 radical (unpaired) electrons. The molecule has 0 saturated carbocycles. The molecule has 0 unspecified atom stereocenters. The lowest BCUT2D eigenvalue weighted by Crippen LogP contribution is -2.25. The van der Waals surface area contributed by atoms with E-state index in [0.29, 0.717) is 0 Å². The first kappa shape index (κ1) is 17.4. The van der Waals surface area contributed by atoms with Crippen molar-refractivity contribution in [2.75, 3.05) is 15.9 Å². The third kappa shape index (κ3) is 3.62. The molecular formula is C15H13FN6O3S. The fourth-order valence-corrected chi connectivity index (χ4v) is 3.17. The monoisotopic (exact) mass is 376 g/mol. The number of carbonyl (C=O) groups excluding carboxylic acids is 1. The maximum absolute atomic E-state index is 13.0. The van der Waals surface area contributed by atoms with E-state index in [0.717, 1.165) is 28.9 Å². The van der Waals surface area contributed by atoms with Gasteiger partial charge in [-0.1, -0.05) is 12.1 Å². The number of nitrogens with zero attached hydrogens (tertiary/aromatic N) is 3. The van der Waals surface area contributed by atoms with Gasteiger partial charge < -0.3 is 5.73 Å². The number of amides is 1. The second-order valence-electron chi connectivity index (χ2n) is 5.11. The normalized spacial score (nSPS) is 11.1. The molecule has 1 amide bonds. The second-order valence-corrected chi connectivity index (χ2v) is 6.79. The number of nitrogen functional groups attached to an aromatic ring is 1. The molecule has 0 aliphatic heterocycles. The van der Waals surface area contributed by atoms with Crippen molar-refractivity contribution in [1.82, 2.24) is 14.9 Å².